The van der Waals surface area contributed by atoms with Crippen molar-refractivity contribution in [1.82, 2.24) is 15.5 Å². The van der Waals surface area contributed by atoms with E-state index < -0.39 is 0 Å². The summed E-state index contributed by atoms with van der Waals surface area (Å²) < 4.78 is 0. The molecule has 4 rings (SSSR count). The first-order valence-electron chi connectivity index (χ1n) is 9.13. The molecule has 24 heavy (non-hydrogen) atoms. The van der Waals surface area contributed by atoms with E-state index in [-0.39, 0.29) is 11.8 Å². The number of amides is 2. The largest absolute Gasteiger partial charge is 0.352 e. The maximum Gasteiger partial charge on any atom is 0.251 e. The number of likely N-dealkylation sites (tertiary alicyclic amines) is 1. The summed E-state index contributed by atoms with van der Waals surface area (Å²) in [6.45, 7) is 2.81. The van der Waals surface area contributed by atoms with Crippen LogP contribution in [0, 0.1) is 0 Å². The average molecular weight is 327 g/mol. The lowest BCUT2D eigenvalue weighted by atomic mass is 9.87. The second-order valence-electron chi connectivity index (χ2n) is 7.26. The van der Waals surface area contributed by atoms with Crippen LogP contribution >= 0.6 is 0 Å². The quantitative estimate of drug-likeness (QED) is 0.879. The van der Waals surface area contributed by atoms with Crippen LogP contribution in [0.4, 0.5) is 0 Å². The van der Waals surface area contributed by atoms with Crippen molar-refractivity contribution in [3.8, 4) is 0 Å². The predicted octanol–water partition coefficient (Wildman–Crippen LogP) is 1.43. The molecule has 5 heteroatoms. The number of carbonyl (C=O) groups excluding carboxylic acids is 2. The molecule has 2 fully saturated rings. The van der Waals surface area contributed by atoms with Gasteiger partial charge in [-0.05, 0) is 49.3 Å². The van der Waals surface area contributed by atoms with E-state index in [1.54, 1.807) is 0 Å². The predicted molar refractivity (Wildman–Crippen MR) is 92.1 cm³/mol. The van der Waals surface area contributed by atoms with Crippen LogP contribution in [0.5, 0.6) is 0 Å². The highest BCUT2D eigenvalue weighted by molar-refractivity contribution is 5.96. The fraction of sp³-hybridized carbons (Fsp3) is 0.579. The normalized spacial score (nSPS) is 23.6. The highest BCUT2D eigenvalue weighted by Gasteiger charge is 2.28. The summed E-state index contributed by atoms with van der Waals surface area (Å²) in [5, 5.41) is 6.23. The molecule has 2 amide bonds. The van der Waals surface area contributed by atoms with E-state index in [1.807, 2.05) is 11.0 Å². The van der Waals surface area contributed by atoms with Crippen molar-refractivity contribution in [2.45, 2.75) is 44.1 Å². The first-order valence-corrected chi connectivity index (χ1v) is 9.13. The Kier molecular flexibility index (Phi) is 4.27. The third-order valence-electron chi connectivity index (χ3n) is 5.42. The van der Waals surface area contributed by atoms with Crippen LogP contribution in [-0.4, -0.2) is 48.9 Å². The van der Waals surface area contributed by atoms with Crippen LogP contribution in [0.15, 0.2) is 18.2 Å². The number of hydrogen-bond acceptors (Lipinski definition) is 3. The van der Waals surface area contributed by atoms with Crippen LogP contribution in [0.1, 0.15) is 53.1 Å². The van der Waals surface area contributed by atoms with Gasteiger partial charge in [-0.15, -0.1) is 0 Å². The van der Waals surface area contributed by atoms with Gasteiger partial charge >= 0.3 is 0 Å². The SMILES string of the molecule is O=C1NCCc2ccc(C3CCCN(C(=O)CNC4CC4)C3)cc21. The minimum absolute atomic E-state index is 0.0375. The molecule has 1 aliphatic carbocycles. The van der Waals surface area contributed by atoms with Gasteiger partial charge in [-0.3, -0.25) is 9.59 Å². The number of hydrogen-bond donors (Lipinski definition) is 2. The fourth-order valence-corrected chi connectivity index (χ4v) is 3.79. The Morgan fingerprint density at radius 1 is 1.29 bits per heavy atom. The lowest BCUT2D eigenvalue weighted by molar-refractivity contribution is -0.131. The monoisotopic (exact) mass is 327 g/mol. The fourth-order valence-electron chi connectivity index (χ4n) is 3.79. The van der Waals surface area contributed by atoms with Crippen molar-refractivity contribution in [1.29, 1.82) is 0 Å². The van der Waals surface area contributed by atoms with E-state index in [9.17, 15) is 9.59 Å². The Bertz CT molecular complexity index is 654. The lowest BCUT2D eigenvalue weighted by Gasteiger charge is -2.33. The molecule has 1 aromatic carbocycles. The number of rotatable bonds is 4. The summed E-state index contributed by atoms with van der Waals surface area (Å²) in [6.07, 6.45) is 5.42. The zero-order valence-corrected chi connectivity index (χ0v) is 14.0. The van der Waals surface area contributed by atoms with E-state index in [0.29, 0.717) is 18.5 Å². The topological polar surface area (TPSA) is 61.4 Å². The second-order valence-corrected chi connectivity index (χ2v) is 7.26. The molecule has 0 spiro atoms. The van der Waals surface area contributed by atoms with Crippen LogP contribution in [0.2, 0.25) is 0 Å². The molecule has 1 atom stereocenters. The number of piperidine rings is 1. The van der Waals surface area contributed by atoms with Crippen LogP contribution in [-0.2, 0) is 11.2 Å². The summed E-state index contributed by atoms with van der Waals surface area (Å²) in [6, 6.07) is 6.86. The number of carbonyl (C=O) groups is 2. The lowest BCUT2D eigenvalue weighted by Crippen LogP contribution is -2.43. The van der Waals surface area contributed by atoms with Gasteiger partial charge < -0.3 is 15.5 Å². The van der Waals surface area contributed by atoms with Gasteiger partial charge in [0.05, 0.1) is 6.54 Å². The molecular weight excluding hydrogens is 302 g/mol. The maximum atomic E-state index is 12.4. The zero-order chi connectivity index (χ0) is 16.5. The van der Waals surface area contributed by atoms with E-state index >= 15 is 0 Å². The summed E-state index contributed by atoms with van der Waals surface area (Å²) >= 11 is 0. The van der Waals surface area contributed by atoms with Gasteiger partial charge in [-0.1, -0.05) is 12.1 Å². The van der Waals surface area contributed by atoms with Crippen LogP contribution < -0.4 is 10.6 Å². The Morgan fingerprint density at radius 3 is 3.00 bits per heavy atom. The van der Waals surface area contributed by atoms with Crippen molar-refractivity contribution in [2.24, 2.45) is 0 Å². The molecule has 5 nitrogen and oxygen atoms in total. The van der Waals surface area contributed by atoms with E-state index in [4.69, 9.17) is 0 Å². The van der Waals surface area contributed by atoms with Crippen molar-refractivity contribution in [3.63, 3.8) is 0 Å². The summed E-state index contributed by atoms with van der Waals surface area (Å²) in [5.41, 5.74) is 3.15. The Labute approximate surface area is 142 Å². The van der Waals surface area contributed by atoms with Gasteiger partial charge in [0.15, 0.2) is 0 Å². The third-order valence-corrected chi connectivity index (χ3v) is 5.42. The van der Waals surface area contributed by atoms with Gasteiger partial charge in [-0.2, -0.15) is 0 Å². The average Bonchev–Trinajstić information content (AvgIpc) is 3.44. The van der Waals surface area contributed by atoms with Crippen molar-refractivity contribution in [3.05, 3.63) is 34.9 Å². The molecule has 128 valence electrons. The number of nitrogens with one attached hydrogen (secondary N) is 2. The zero-order valence-electron chi connectivity index (χ0n) is 14.0. The molecule has 1 unspecified atom stereocenters. The Hall–Kier alpha value is -1.88. The number of fused-ring (bicyclic) bond motifs is 1. The summed E-state index contributed by atoms with van der Waals surface area (Å²) in [4.78, 5) is 26.4. The minimum Gasteiger partial charge on any atom is -0.352 e. The number of benzene rings is 1. The van der Waals surface area contributed by atoms with Crippen molar-refractivity contribution >= 4 is 11.8 Å². The molecule has 0 radical (unpaired) electrons. The van der Waals surface area contributed by atoms with E-state index in [1.165, 1.54) is 18.4 Å². The minimum atomic E-state index is 0.0375. The van der Waals surface area contributed by atoms with Crippen molar-refractivity contribution in [2.75, 3.05) is 26.2 Å². The molecule has 1 saturated heterocycles. The molecule has 3 aliphatic rings. The third kappa shape index (κ3) is 3.31. The van der Waals surface area contributed by atoms with Gasteiger partial charge in [0, 0.05) is 37.2 Å². The van der Waals surface area contributed by atoms with Crippen molar-refractivity contribution < 1.29 is 9.59 Å². The molecule has 0 aromatic heterocycles. The van der Waals surface area contributed by atoms with Crippen LogP contribution in [0.3, 0.4) is 0 Å². The molecule has 2 N–H and O–H groups in total. The summed E-state index contributed by atoms with van der Waals surface area (Å²) in [7, 11) is 0. The first-order chi connectivity index (χ1) is 11.7. The van der Waals surface area contributed by atoms with Gasteiger partial charge in [0.2, 0.25) is 5.91 Å². The highest BCUT2D eigenvalue weighted by atomic mass is 16.2. The molecule has 0 bridgehead atoms. The van der Waals surface area contributed by atoms with Gasteiger partial charge in [-0.25, -0.2) is 0 Å². The first kappa shape index (κ1) is 15.6. The molecule has 1 saturated carbocycles. The maximum absolute atomic E-state index is 12.4. The standard InChI is InChI=1S/C19H25N3O2/c23-18(11-21-16-5-6-16)22-9-1-2-15(12-22)14-4-3-13-7-8-20-19(24)17(13)10-14/h3-4,10,15-16,21H,1-2,5-9,11-12H2,(H,20,24). The molecular formula is C19H25N3O2. The Balaban J connectivity index is 1.44. The molecule has 1 aromatic rings. The highest BCUT2D eigenvalue weighted by Crippen LogP contribution is 2.29. The van der Waals surface area contributed by atoms with Crippen LogP contribution in [0.25, 0.3) is 0 Å². The number of nitrogens with zero attached hydrogens (tertiary/aromatic N) is 1. The summed E-state index contributed by atoms with van der Waals surface area (Å²) in [5.74, 6) is 0.585. The molecule has 2 aliphatic heterocycles. The van der Waals surface area contributed by atoms with Gasteiger partial charge in [0.1, 0.15) is 0 Å². The smallest absolute Gasteiger partial charge is 0.251 e. The second kappa shape index (κ2) is 6.55. The molecule has 2 heterocycles. The van der Waals surface area contributed by atoms with E-state index in [2.05, 4.69) is 22.8 Å². The Morgan fingerprint density at radius 2 is 2.17 bits per heavy atom. The van der Waals surface area contributed by atoms with E-state index in [0.717, 1.165) is 50.0 Å². The van der Waals surface area contributed by atoms with Gasteiger partial charge in [0.25, 0.3) is 5.91 Å².